The van der Waals surface area contributed by atoms with Gasteiger partial charge in [-0.1, -0.05) is 72.8 Å². The molecule has 4 aromatic carbocycles. The van der Waals surface area contributed by atoms with Crippen LogP contribution in [0.5, 0.6) is 17.2 Å². The van der Waals surface area contributed by atoms with Crippen LogP contribution < -0.4 is 19.6 Å². The van der Waals surface area contributed by atoms with Crippen LogP contribution in [0.2, 0.25) is 0 Å². The van der Waals surface area contributed by atoms with E-state index in [0.29, 0.717) is 24.7 Å². The van der Waals surface area contributed by atoms with Gasteiger partial charge < -0.3 is 14.2 Å². The molecule has 1 amide bonds. The molecule has 4 rings (SSSR count). The Morgan fingerprint density at radius 2 is 1.31 bits per heavy atom. The number of ether oxygens (including phenoxy) is 3. The third kappa shape index (κ3) is 7.46. The summed E-state index contributed by atoms with van der Waals surface area (Å²) < 4.78 is 17.4. The summed E-state index contributed by atoms with van der Waals surface area (Å²) in [7, 11) is 0. The number of carbonyl (C=O) groups excluding carboxylic acids is 1. The Hall–Kier alpha value is -4.58. The van der Waals surface area contributed by atoms with Crippen LogP contribution in [0.15, 0.2) is 114 Å². The molecule has 36 heavy (non-hydrogen) atoms. The average Bonchev–Trinajstić information content (AvgIpc) is 2.93. The fourth-order valence-corrected chi connectivity index (χ4v) is 3.32. The predicted molar refractivity (Wildman–Crippen MR) is 140 cm³/mol. The summed E-state index contributed by atoms with van der Waals surface area (Å²) in [5, 5.41) is 4.08. The van der Waals surface area contributed by atoms with E-state index < -0.39 is 6.10 Å². The summed E-state index contributed by atoms with van der Waals surface area (Å²) in [6.07, 6.45) is 0.826. The standard InChI is InChI=1S/C30H28N2O4/c1-23(36-28-18-16-27(17-19-28)34-21-24-10-4-2-5-11-24)30(33)32-31-20-26-14-8-9-15-29(26)35-22-25-12-6-3-7-13-25/h2-20,23H,21-22H2,1H3,(H,32,33)/b31-20-/t23-/m0/s1. The van der Waals surface area contributed by atoms with Gasteiger partial charge in [0.2, 0.25) is 0 Å². The van der Waals surface area contributed by atoms with Gasteiger partial charge in [0.25, 0.3) is 5.91 Å². The van der Waals surface area contributed by atoms with Crippen LogP contribution in [0, 0.1) is 0 Å². The van der Waals surface area contributed by atoms with Crippen molar-refractivity contribution in [1.29, 1.82) is 0 Å². The zero-order chi connectivity index (χ0) is 25.0. The monoisotopic (exact) mass is 480 g/mol. The molecule has 0 saturated carbocycles. The molecule has 0 unspecified atom stereocenters. The van der Waals surface area contributed by atoms with Gasteiger partial charge in [0.05, 0.1) is 6.21 Å². The normalized spacial score (nSPS) is 11.6. The molecule has 0 fully saturated rings. The average molecular weight is 481 g/mol. The molecular formula is C30H28N2O4. The molecule has 0 radical (unpaired) electrons. The Labute approximate surface area is 211 Å². The highest BCUT2D eigenvalue weighted by Crippen LogP contribution is 2.20. The van der Waals surface area contributed by atoms with E-state index in [4.69, 9.17) is 14.2 Å². The second kappa shape index (κ2) is 12.8. The number of nitrogens with one attached hydrogen (secondary N) is 1. The molecule has 0 aliphatic heterocycles. The van der Waals surface area contributed by atoms with Crippen molar-refractivity contribution in [2.45, 2.75) is 26.2 Å². The first-order valence-corrected chi connectivity index (χ1v) is 11.7. The second-order valence-corrected chi connectivity index (χ2v) is 8.05. The third-order valence-corrected chi connectivity index (χ3v) is 5.29. The van der Waals surface area contributed by atoms with Crippen molar-refractivity contribution in [3.8, 4) is 17.2 Å². The largest absolute Gasteiger partial charge is 0.489 e. The predicted octanol–water partition coefficient (Wildman–Crippen LogP) is 5.76. The van der Waals surface area contributed by atoms with E-state index >= 15 is 0 Å². The van der Waals surface area contributed by atoms with Gasteiger partial charge in [-0.25, -0.2) is 5.43 Å². The van der Waals surface area contributed by atoms with E-state index in [1.807, 2.05) is 97.1 Å². The first-order valence-electron chi connectivity index (χ1n) is 11.7. The van der Waals surface area contributed by atoms with Crippen LogP contribution in [-0.2, 0) is 18.0 Å². The highest BCUT2D eigenvalue weighted by atomic mass is 16.5. The van der Waals surface area contributed by atoms with Crippen LogP contribution >= 0.6 is 0 Å². The number of hydrazone groups is 1. The Kier molecular flexibility index (Phi) is 8.70. The summed E-state index contributed by atoms with van der Waals surface area (Å²) >= 11 is 0. The number of amides is 1. The van der Waals surface area contributed by atoms with Crippen LogP contribution in [0.25, 0.3) is 0 Å². The number of nitrogens with zero attached hydrogens (tertiary/aromatic N) is 1. The second-order valence-electron chi connectivity index (χ2n) is 8.05. The first-order chi connectivity index (χ1) is 17.7. The highest BCUT2D eigenvalue weighted by molar-refractivity contribution is 5.86. The van der Waals surface area contributed by atoms with Crippen molar-refractivity contribution >= 4 is 12.1 Å². The fourth-order valence-electron chi connectivity index (χ4n) is 3.32. The summed E-state index contributed by atoms with van der Waals surface area (Å²) in [4.78, 5) is 12.5. The van der Waals surface area contributed by atoms with Gasteiger partial charge in [0.1, 0.15) is 30.5 Å². The zero-order valence-electron chi connectivity index (χ0n) is 20.0. The lowest BCUT2D eigenvalue weighted by atomic mass is 10.2. The molecule has 182 valence electrons. The summed E-state index contributed by atoms with van der Waals surface area (Å²) in [5.74, 6) is 1.60. The van der Waals surface area contributed by atoms with Gasteiger partial charge in [-0.15, -0.1) is 0 Å². The number of benzene rings is 4. The van der Waals surface area contributed by atoms with Crippen LogP contribution in [-0.4, -0.2) is 18.2 Å². The van der Waals surface area contributed by atoms with Gasteiger partial charge in [0.15, 0.2) is 6.10 Å². The minimum absolute atomic E-state index is 0.363. The lowest BCUT2D eigenvalue weighted by Gasteiger charge is -2.14. The SMILES string of the molecule is C[C@H](Oc1ccc(OCc2ccccc2)cc1)C(=O)N/N=C\c1ccccc1OCc1ccccc1. The van der Waals surface area contributed by atoms with Crippen molar-refractivity contribution < 1.29 is 19.0 Å². The minimum Gasteiger partial charge on any atom is -0.489 e. The van der Waals surface area contributed by atoms with Crippen LogP contribution in [0.3, 0.4) is 0 Å². The number of para-hydroxylation sites is 1. The molecule has 6 nitrogen and oxygen atoms in total. The number of rotatable bonds is 11. The number of hydrogen-bond donors (Lipinski definition) is 1. The van der Waals surface area contributed by atoms with Crippen LogP contribution in [0.4, 0.5) is 0 Å². The molecule has 6 heteroatoms. The highest BCUT2D eigenvalue weighted by Gasteiger charge is 2.14. The van der Waals surface area contributed by atoms with Gasteiger partial charge in [0, 0.05) is 5.56 Å². The van der Waals surface area contributed by atoms with Gasteiger partial charge >= 0.3 is 0 Å². The Bertz CT molecular complexity index is 1260. The summed E-state index contributed by atoms with van der Waals surface area (Å²) in [5.41, 5.74) is 5.45. The first kappa shape index (κ1) is 24.5. The molecule has 0 saturated heterocycles. The lowest BCUT2D eigenvalue weighted by molar-refractivity contribution is -0.127. The summed E-state index contributed by atoms with van der Waals surface area (Å²) in [6.45, 7) is 2.60. The fraction of sp³-hybridized carbons (Fsp3) is 0.133. The molecule has 0 aromatic heterocycles. The molecule has 4 aromatic rings. The molecule has 0 spiro atoms. The van der Waals surface area contributed by atoms with E-state index in [9.17, 15) is 4.79 Å². The van der Waals surface area contributed by atoms with E-state index in [1.165, 1.54) is 0 Å². The quantitative estimate of drug-likeness (QED) is 0.219. The van der Waals surface area contributed by atoms with Crippen LogP contribution in [0.1, 0.15) is 23.6 Å². The molecule has 0 aliphatic carbocycles. The van der Waals surface area contributed by atoms with Crippen molar-refractivity contribution in [3.05, 3.63) is 126 Å². The maximum absolute atomic E-state index is 12.5. The third-order valence-electron chi connectivity index (χ3n) is 5.29. The van der Waals surface area contributed by atoms with Crippen molar-refractivity contribution in [1.82, 2.24) is 5.43 Å². The minimum atomic E-state index is -0.734. The Balaban J connectivity index is 1.25. The molecule has 1 atom stereocenters. The maximum atomic E-state index is 12.5. The van der Waals surface area contributed by atoms with E-state index in [-0.39, 0.29) is 5.91 Å². The van der Waals surface area contributed by atoms with Crippen molar-refractivity contribution in [2.24, 2.45) is 5.10 Å². The van der Waals surface area contributed by atoms with Crippen molar-refractivity contribution in [3.63, 3.8) is 0 Å². The smallest absolute Gasteiger partial charge is 0.280 e. The number of carbonyl (C=O) groups is 1. The Morgan fingerprint density at radius 1 is 0.750 bits per heavy atom. The lowest BCUT2D eigenvalue weighted by Crippen LogP contribution is -2.33. The molecule has 0 bridgehead atoms. The number of hydrogen-bond acceptors (Lipinski definition) is 5. The van der Waals surface area contributed by atoms with E-state index in [2.05, 4.69) is 10.5 Å². The Morgan fingerprint density at radius 3 is 1.97 bits per heavy atom. The van der Waals surface area contributed by atoms with Gasteiger partial charge in [-0.2, -0.15) is 5.10 Å². The molecular weight excluding hydrogens is 452 g/mol. The van der Waals surface area contributed by atoms with Gasteiger partial charge in [-0.3, -0.25) is 4.79 Å². The van der Waals surface area contributed by atoms with E-state index in [0.717, 1.165) is 22.4 Å². The molecule has 0 aliphatic rings. The van der Waals surface area contributed by atoms with Crippen molar-refractivity contribution in [2.75, 3.05) is 0 Å². The summed E-state index contributed by atoms with van der Waals surface area (Å²) in [6, 6.07) is 34.5. The van der Waals surface area contributed by atoms with E-state index in [1.54, 1.807) is 25.3 Å². The molecule has 0 heterocycles. The molecule has 1 N–H and O–H groups in total. The zero-order valence-corrected chi connectivity index (χ0v) is 20.0. The topological polar surface area (TPSA) is 69.2 Å². The maximum Gasteiger partial charge on any atom is 0.280 e. The van der Waals surface area contributed by atoms with Gasteiger partial charge in [-0.05, 0) is 54.4 Å².